The van der Waals surface area contributed by atoms with Crippen LogP contribution in [0.4, 0.5) is 0 Å². The average Bonchev–Trinajstić information content (AvgIpc) is 3.11. The van der Waals surface area contributed by atoms with Crippen molar-refractivity contribution in [2.24, 2.45) is 23.2 Å². The molecule has 35 heavy (non-hydrogen) atoms. The van der Waals surface area contributed by atoms with Crippen molar-refractivity contribution < 1.29 is 19.0 Å². The zero-order valence-electron chi connectivity index (χ0n) is 22.6. The highest BCUT2D eigenvalue weighted by atomic mass is 16.5. The van der Waals surface area contributed by atoms with Crippen molar-refractivity contribution in [3.05, 3.63) is 53.8 Å². The van der Waals surface area contributed by atoms with Crippen LogP contribution in [-0.4, -0.2) is 25.6 Å². The standard InChI is InChI=1S/C31H46O4/c1-23(2)28-16-11-24(3)19-29(28)35-27-20-30(32)31(4,21-27)17-9-7-6-8-10-18-34-22-25-12-14-26(33-5)15-13-25/h7,9,12-15,20,23-24,28-29H,6,8,10-11,16-19,21-22H2,1-5H3/b9-7-/t24-,28?,29-,31?/m1/s1. The first kappa shape index (κ1) is 27.5. The highest BCUT2D eigenvalue weighted by Crippen LogP contribution is 2.42. The summed E-state index contributed by atoms with van der Waals surface area (Å²) in [6.07, 6.45) is 14.7. The molecule has 1 saturated carbocycles. The Morgan fingerprint density at radius 3 is 2.60 bits per heavy atom. The lowest BCUT2D eigenvalue weighted by Crippen LogP contribution is -2.34. The maximum absolute atomic E-state index is 12.8. The van der Waals surface area contributed by atoms with E-state index in [1.54, 1.807) is 13.2 Å². The third kappa shape index (κ3) is 8.24. The second-order valence-electron chi connectivity index (χ2n) is 11.3. The van der Waals surface area contributed by atoms with Crippen molar-refractivity contribution in [3.63, 3.8) is 0 Å². The van der Waals surface area contributed by atoms with Crippen molar-refractivity contribution in [3.8, 4) is 5.75 Å². The molecule has 0 aliphatic heterocycles. The summed E-state index contributed by atoms with van der Waals surface area (Å²) in [7, 11) is 1.68. The first-order valence-corrected chi connectivity index (χ1v) is 13.6. The summed E-state index contributed by atoms with van der Waals surface area (Å²) < 4.78 is 17.4. The molecule has 2 aliphatic rings. The van der Waals surface area contributed by atoms with E-state index in [-0.39, 0.29) is 17.3 Å². The van der Waals surface area contributed by atoms with Gasteiger partial charge in [-0.15, -0.1) is 0 Å². The Morgan fingerprint density at radius 2 is 1.89 bits per heavy atom. The Kier molecular flexibility index (Phi) is 10.5. The van der Waals surface area contributed by atoms with Crippen LogP contribution in [-0.2, 0) is 20.9 Å². The highest BCUT2D eigenvalue weighted by Gasteiger charge is 2.40. The van der Waals surface area contributed by atoms with Crippen molar-refractivity contribution >= 4 is 5.78 Å². The molecule has 4 nitrogen and oxygen atoms in total. The molecule has 0 heterocycles. The first-order valence-electron chi connectivity index (χ1n) is 13.6. The van der Waals surface area contributed by atoms with E-state index in [0.717, 1.165) is 62.2 Å². The fourth-order valence-electron chi connectivity index (χ4n) is 5.38. The van der Waals surface area contributed by atoms with E-state index in [1.807, 2.05) is 24.3 Å². The van der Waals surface area contributed by atoms with Crippen LogP contribution in [0.5, 0.6) is 5.75 Å². The Bertz CT molecular complexity index is 853. The minimum absolute atomic E-state index is 0.217. The van der Waals surface area contributed by atoms with E-state index in [9.17, 15) is 4.79 Å². The first-order chi connectivity index (χ1) is 16.8. The van der Waals surface area contributed by atoms with E-state index < -0.39 is 0 Å². The SMILES string of the molecule is COc1ccc(COCCCC/C=C\CC2(C)CC(O[C@@H]3C[C@H](C)CCC3C(C)C)=CC2=O)cc1. The topological polar surface area (TPSA) is 44.8 Å². The smallest absolute Gasteiger partial charge is 0.165 e. The number of methoxy groups -OCH3 is 1. The van der Waals surface area contributed by atoms with Crippen LogP contribution < -0.4 is 4.74 Å². The Balaban J connectivity index is 1.33. The molecule has 0 spiro atoms. The van der Waals surface area contributed by atoms with E-state index in [2.05, 4.69) is 39.8 Å². The Morgan fingerprint density at radius 1 is 1.11 bits per heavy atom. The second-order valence-corrected chi connectivity index (χ2v) is 11.3. The molecule has 0 bridgehead atoms. The van der Waals surface area contributed by atoms with Gasteiger partial charge in [0, 0.05) is 24.5 Å². The molecule has 2 unspecified atom stereocenters. The molecule has 2 aliphatic carbocycles. The van der Waals surface area contributed by atoms with Crippen molar-refractivity contribution in [1.82, 2.24) is 0 Å². The summed E-state index contributed by atoms with van der Waals surface area (Å²) in [5, 5.41) is 0. The molecule has 3 rings (SSSR count). The lowest BCUT2D eigenvalue weighted by Gasteiger charge is -2.37. The number of carbonyl (C=O) groups excluding carboxylic acids is 1. The van der Waals surface area contributed by atoms with Crippen LogP contribution >= 0.6 is 0 Å². The molecule has 0 aromatic heterocycles. The van der Waals surface area contributed by atoms with Crippen LogP contribution in [0, 0.1) is 23.2 Å². The Hall–Kier alpha value is -2.07. The number of hydrogen-bond donors (Lipinski definition) is 0. The van der Waals surface area contributed by atoms with Crippen LogP contribution in [0.1, 0.15) is 84.6 Å². The van der Waals surface area contributed by atoms with Gasteiger partial charge in [-0.1, -0.05) is 58.4 Å². The number of rotatable bonds is 13. The number of hydrogen-bond acceptors (Lipinski definition) is 4. The highest BCUT2D eigenvalue weighted by molar-refractivity contribution is 5.97. The number of benzene rings is 1. The molecule has 194 valence electrons. The molecular formula is C31H46O4. The monoisotopic (exact) mass is 482 g/mol. The van der Waals surface area contributed by atoms with Gasteiger partial charge in [0.25, 0.3) is 0 Å². The zero-order chi connectivity index (χ0) is 25.3. The normalized spacial score (nSPS) is 27.0. The van der Waals surface area contributed by atoms with Crippen molar-refractivity contribution in [2.45, 2.75) is 91.8 Å². The average molecular weight is 483 g/mol. The Labute approximate surface area is 213 Å². The van der Waals surface area contributed by atoms with E-state index in [4.69, 9.17) is 14.2 Å². The largest absolute Gasteiger partial charge is 0.497 e. The maximum Gasteiger partial charge on any atom is 0.165 e. The summed E-state index contributed by atoms with van der Waals surface area (Å²) in [5.74, 6) is 3.90. The summed E-state index contributed by atoms with van der Waals surface area (Å²) in [4.78, 5) is 12.8. The van der Waals surface area contributed by atoms with Crippen molar-refractivity contribution in [1.29, 1.82) is 0 Å². The zero-order valence-corrected chi connectivity index (χ0v) is 22.6. The quantitative estimate of drug-likeness (QED) is 0.214. The van der Waals surface area contributed by atoms with Gasteiger partial charge in [-0.25, -0.2) is 0 Å². The van der Waals surface area contributed by atoms with E-state index >= 15 is 0 Å². The summed E-state index contributed by atoms with van der Waals surface area (Å²) in [5.41, 5.74) is 0.802. The van der Waals surface area contributed by atoms with Gasteiger partial charge >= 0.3 is 0 Å². The molecule has 0 radical (unpaired) electrons. The van der Waals surface area contributed by atoms with Crippen LogP contribution in [0.25, 0.3) is 0 Å². The predicted molar refractivity (Wildman–Crippen MR) is 142 cm³/mol. The van der Waals surface area contributed by atoms with Gasteiger partial charge in [0.05, 0.1) is 13.7 Å². The summed E-state index contributed by atoms with van der Waals surface area (Å²) in [6, 6.07) is 8.00. The molecule has 4 heteroatoms. The third-order valence-corrected chi connectivity index (χ3v) is 7.79. The lowest BCUT2D eigenvalue weighted by atomic mass is 9.75. The molecule has 4 atom stereocenters. The second kappa shape index (κ2) is 13.3. The van der Waals surface area contributed by atoms with Gasteiger partial charge in [-0.2, -0.15) is 0 Å². The molecule has 0 N–H and O–H groups in total. The third-order valence-electron chi connectivity index (χ3n) is 7.79. The minimum atomic E-state index is -0.360. The van der Waals surface area contributed by atoms with Crippen LogP contribution in [0.15, 0.2) is 48.3 Å². The minimum Gasteiger partial charge on any atom is -0.497 e. The van der Waals surface area contributed by atoms with Gasteiger partial charge < -0.3 is 14.2 Å². The van der Waals surface area contributed by atoms with Gasteiger partial charge in [-0.3, -0.25) is 4.79 Å². The molecule has 1 fully saturated rings. The number of allylic oxidation sites excluding steroid dienone is 4. The van der Waals surface area contributed by atoms with Gasteiger partial charge in [0.2, 0.25) is 0 Å². The van der Waals surface area contributed by atoms with E-state index in [0.29, 0.717) is 24.4 Å². The molecule has 1 aromatic carbocycles. The molecule has 1 aromatic rings. The molecule has 0 saturated heterocycles. The van der Waals surface area contributed by atoms with Gasteiger partial charge in [0.1, 0.15) is 17.6 Å². The van der Waals surface area contributed by atoms with Gasteiger partial charge in [0.15, 0.2) is 5.78 Å². The summed E-state index contributed by atoms with van der Waals surface area (Å²) >= 11 is 0. The van der Waals surface area contributed by atoms with Crippen LogP contribution in [0.2, 0.25) is 0 Å². The predicted octanol–water partition coefficient (Wildman–Crippen LogP) is 7.67. The number of ether oxygens (including phenoxy) is 3. The number of unbranched alkanes of at least 4 members (excludes halogenated alkanes) is 2. The molecule has 0 amide bonds. The fourth-order valence-corrected chi connectivity index (χ4v) is 5.38. The van der Waals surface area contributed by atoms with Crippen LogP contribution in [0.3, 0.4) is 0 Å². The molecular weight excluding hydrogens is 436 g/mol. The van der Waals surface area contributed by atoms with Gasteiger partial charge in [-0.05, 0) is 74.0 Å². The fraction of sp³-hybridized carbons (Fsp3) is 0.645. The summed E-state index contributed by atoms with van der Waals surface area (Å²) in [6.45, 7) is 10.4. The van der Waals surface area contributed by atoms with E-state index in [1.165, 1.54) is 12.8 Å². The number of ketones is 1. The maximum atomic E-state index is 12.8. The van der Waals surface area contributed by atoms with Crippen molar-refractivity contribution in [2.75, 3.05) is 13.7 Å². The number of carbonyl (C=O) groups is 1. The lowest BCUT2D eigenvalue weighted by molar-refractivity contribution is -0.121.